The predicted molar refractivity (Wildman–Crippen MR) is 57.3 cm³/mol. The minimum atomic E-state index is 1.21. The van der Waals surface area contributed by atoms with Gasteiger partial charge in [-0.15, -0.1) is 0 Å². The summed E-state index contributed by atoms with van der Waals surface area (Å²) in [6, 6.07) is 0. The summed E-state index contributed by atoms with van der Waals surface area (Å²) in [5.74, 6) is 0. The summed E-state index contributed by atoms with van der Waals surface area (Å²) in [5, 5.41) is 0. The number of allylic oxidation sites excluding steroid dienone is 4. The zero-order valence-electron chi connectivity index (χ0n) is 8.55. The largest absolute Gasteiger partial charge is 0.0846 e. The van der Waals surface area contributed by atoms with E-state index in [1.165, 1.54) is 38.5 Å². The Kier molecular flexibility index (Phi) is 10.0. The summed E-state index contributed by atoms with van der Waals surface area (Å²) in [7, 11) is 0. The van der Waals surface area contributed by atoms with Crippen molar-refractivity contribution >= 4 is 0 Å². The zero-order chi connectivity index (χ0) is 9.07. The van der Waals surface area contributed by atoms with Crippen LogP contribution in [0.3, 0.4) is 0 Å². The summed E-state index contributed by atoms with van der Waals surface area (Å²) in [5.41, 5.74) is 0. The second-order valence-corrected chi connectivity index (χ2v) is 3.14. The molecule has 0 nitrogen and oxygen atoms in total. The third-order valence-corrected chi connectivity index (χ3v) is 1.81. The van der Waals surface area contributed by atoms with E-state index in [4.69, 9.17) is 0 Å². The highest BCUT2D eigenvalue weighted by Gasteiger charge is 1.79. The molecule has 0 saturated heterocycles. The fraction of sp³-hybridized carbons (Fsp3) is 0.667. The second-order valence-electron chi connectivity index (χ2n) is 3.14. The van der Waals surface area contributed by atoms with E-state index in [1.807, 2.05) is 0 Å². The summed E-state index contributed by atoms with van der Waals surface area (Å²) >= 11 is 0. The van der Waals surface area contributed by atoms with E-state index in [2.05, 4.69) is 38.2 Å². The van der Waals surface area contributed by atoms with Crippen LogP contribution < -0.4 is 0 Å². The molecule has 0 atom stereocenters. The van der Waals surface area contributed by atoms with E-state index >= 15 is 0 Å². The van der Waals surface area contributed by atoms with Crippen molar-refractivity contribution in [3.8, 4) is 0 Å². The molecule has 0 rings (SSSR count). The van der Waals surface area contributed by atoms with Crippen LogP contribution in [0.1, 0.15) is 52.4 Å². The van der Waals surface area contributed by atoms with Crippen molar-refractivity contribution in [2.45, 2.75) is 52.4 Å². The molecule has 0 aliphatic carbocycles. The SMILES string of the molecule is CCC/C=C/C=C\CCCCC. The van der Waals surface area contributed by atoms with Gasteiger partial charge >= 0.3 is 0 Å². The first-order valence-corrected chi connectivity index (χ1v) is 5.23. The maximum Gasteiger partial charge on any atom is -0.0348 e. The molecule has 0 unspecified atom stereocenters. The van der Waals surface area contributed by atoms with Crippen LogP contribution in [-0.4, -0.2) is 0 Å². The molecule has 12 heavy (non-hydrogen) atoms. The van der Waals surface area contributed by atoms with Crippen LogP contribution in [0.2, 0.25) is 0 Å². The number of hydrogen-bond donors (Lipinski definition) is 0. The molecule has 70 valence electrons. The quantitative estimate of drug-likeness (QED) is 0.386. The Balaban J connectivity index is 3.13. The van der Waals surface area contributed by atoms with Crippen LogP contribution in [0.4, 0.5) is 0 Å². The van der Waals surface area contributed by atoms with Gasteiger partial charge in [-0.05, 0) is 19.3 Å². The number of unbranched alkanes of at least 4 members (excludes halogenated alkanes) is 4. The Bertz CT molecular complexity index is 120. The van der Waals surface area contributed by atoms with Gasteiger partial charge in [0.2, 0.25) is 0 Å². The lowest BCUT2D eigenvalue weighted by molar-refractivity contribution is 0.729. The standard InChI is InChI=1S/C12H22/c1-3-5-7-9-11-12-10-8-6-4-2/h7,9,11-12H,3-6,8,10H2,1-2H3/b9-7+,12-11-. The molecule has 0 fully saturated rings. The van der Waals surface area contributed by atoms with Gasteiger partial charge in [-0.25, -0.2) is 0 Å². The number of rotatable bonds is 7. The molecule has 0 radical (unpaired) electrons. The van der Waals surface area contributed by atoms with Gasteiger partial charge in [-0.2, -0.15) is 0 Å². The first-order valence-electron chi connectivity index (χ1n) is 5.23. The normalized spacial score (nSPS) is 11.8. The van der Waals surface area contributed by atoms with E-state index < -0.39 is 0 Å². The van der Waals surface area contributed by atoms with Gasteiger partial charge in [0.25, 0.3) is 0 Å². The first kappa shape index (κ1) is 11.5. The van der Waals surface area contributed by atoms with Gasteiger partial charge in [0.15, 0.2) is 0 Å². The minimum Gasteiger partial charge on any atom is -0.0846 e. The van der Waals surface area contributed by atoms with Crippen LogP contribution >= 0.6 is 0 Å². The maximum absolute atomic E-state index is 2.27. The molecule has 0 heterocycles. The van der Waals surface area contributed by atoms with Gasteiger partial charge in [0.05, 0.1) is 0 Å². The van der Waals surface area contributed by atoms with Gasteiger partial charge < -0.3 is 0 Å². The monoisotopic (exact) mass is 166 g/mol. The Hall–Kier alpha value is -0.520. The van der Waals surface area contributed by atoms with E-state index in [-0.39, 0.29) is 0 Å². The Morgan fingerprint density at radius 1 is 0.750 bits per heavy atom. The summed E-state index contributed by atoms with van der Waals surface area (Å²) in [4.78, 5) is 0. The third kappa shape index (κ3) is 9.48. The summed E-state index contributed by atoms with van der Waals surface area (Å²) in [6.45, 7) is 4.44. The molecule has 0 aromatic heterocycles. The average Bonchev–Trinajstić information content (AvgIpc) is 2.10. The van der Waals surface area contributed by atoms with Gasteiger partial charge in [-0.1, -0.05) is 57.4 Å². The highest BCUT2D eigenvalue weighted by Crippen LogP contribution is 1.99. The fourth-order valence-electron chi connectivity index (χ4n) is 1.03. The second kappa shape index (κ2) is 10.5. The molecular formula is C12H22. The molecule has 0 aromatic carbocycles. The molecule has 0 heteroatoms. The van der Waals surface area contributed by atoms with Crippen molar-refractivity contribution in [2.24, 2.45) is 0 Å². The van der Waals surface area contributed by atoms with E-state index in [9.17, 15) is 0 Å². The van der Waals surface area contributed by atoms with Crippen LogP contribution in [0.15, 0.2) is 24.3 Å². The van der Waals surface area contributed by atoms with Crippen LogP contribution in [-0.2, 0) is 0 Å². The molecular weight excluding hydrogens is 144 g/mol. The Labute approximate surface area is 77.4 Å². The first-order chi connectivity index (χ1) is 5.91. The van der Waals surface area contributed by atoms with Crippen molar-refractivity contribution in [3.63, 3.8) is 0 Å². The molecule has 0 saturated carbocycles. The van der Waals surface area contributed by atoms with Crippen molar-refractivity contribution in [1.29, 1.82) is 0 Å². The molecule has 0 N–H and O–H groups in total. The molecule has 0 bridgehead atoms. The molecule has 0 spiro atoms. The summed E-state index contributed by atoms with van der Waals surface area (Å²) in [6.07, 6.45) is 16.6. The average molecular weight is 166 g/mol. The Morgan fingerprint density at radius 3 is 2.00 bits per heavy atom. The minimum absolute atomic E-state index is 1.21. The fourth-order valence-corrected chi connectivity index (χ4v) is 1.03. The highest BCUT2D eigenvalue weighted by molar-refractivity contribution is 5.01. The van der Waals surface area contributed by atoms with E-state index in [0.29, 0.717) is 0 Å². The lowest BCUT2D eigenvalue weighted by Gasteiger charge is -1.89. The molecule has 0 aliphatic heterocycles. The van der Waals surface area contributed by atoms with E-state index in [0.717, 1.165) is 0 Å². The smallest absolute Gasteiger partial charge is 0.0348 e. The lowest BCUT2D eigenvalue weighted by Crippen LogP contribution is -1.69. The van der Waals surface area contributed by atoms with Crippen molar-refractivity contribution < 1.29 is 0 Å². The maximum atomic E-state index is 2.27. The van der Waals surface area contributed by atoms with Gasteiger partial charge in [0, 0.05) is 0 Å². The molecule has 0 amide bonds. The molecule has 0 aliphatic rings. The van der Waals surface area contributed by atoms with Crippen molar-refractivity contribution in [3.05, 3.63) is 24.3 Å². The predicted octanol–water partition coefficient (Wildman–Crippen LogP) is 4.48. The van der Waals surface area contributed by atoms with Gasteiger partial charge in [0.1, 0.15) is 0 Å². The van der Waals surface area contributed by atoms with Crippen LogP contribution in [0.5, 0.6) is 0 Å². The number of hydrogen-bond acceptors (Lipinski definition) is 0. The van der Waals surface area contributed by atoms with Crippen LogP contribution in [0.25, 0.3) is 0 Å². The van der Waals surface area contributed by atoms with Crippen molar-refractivity contribution in [1.82, 2.24) is 0 Å². The van der Waals surface area contributed by atoms with Crippen LogP contribution in [0, 0.1) is 0 Å². The summed E-state index contributed by atoms with van der Waals surface area (Å²) < 4.78 is 0. The Morgan fingerprint density at radius 2 is 1.42 bits per heavy atom. The highest BCUT2D eigenvalue weighted by atomic mass is 13.9. The molecule has 0 aromatic rings. The zero-order valence-corrected chi connectivity index (χ0v) is 8.55. The van der Waals surface area contributed by atoms with Gasteiger partial charge in [-0.3, -0.25) is 0 Å². The van der Waals surface area contributed by atoms with Crippen molar-refractivity contribution in [2.75, 3.05) is 0 Å². The lowest BCUT2D eigenvalue weighted by atomic mass is 10.2. The third-order valence-electron chi connectivity index (χ3n) is 1.81. The van der Waals surface area contributed by atoms with E-state index in [1.54, 1.807) is 0 Å². The topological polar surface area (TPSA) is 0 Å².